The van der Waals surface area contributed by atoms with Crippen molar-refractivity contribution in [2.75, 3.05) is 19.0 Å². The number of ether oxygens (including phenoxy) is 1. The molecule has 138 valence electrons. The number of hydrogen-bond acceptors (Lipinski definition) is 2. The van der Waals surface area contributed by atoms with Crippen LogP contribution in [-0.2, 0) is 4.79 Å². The fourth-order valence-corrected chi connectivity index (χ4v) is 3.01. The predicted octanol–water partition coefficient (Wildman–Crippen LogP) is 3.30. The SMILES string of the molecule is COc1ccc(NC(=O)C[NH2+][C@@H](c2ccccc2)c2ccc(C)cc2)cc1. The molecule has 1 amide bonds. The van der Waals surface area contributed by atoms with Crippen molar-refractivity contribution in [1.82, 2.24) is 0 Å². The van der Waals surface area contributed by atoms with E-state index in [-0.39, 0.29) is 11.9 Å². The van der Waals surface area contributed by atoms with Crippen LogP contribution >= 0.6 is 0 Å². The molecule has 0 aliphatic rings. The van der Waals surface area contributed by atoms with Crippen LogP contribution in [0.1, 0.15) is 22.7 Å². The number of anilines is 1. The van der Waals surface area contributed by atoms with Gasteiger partial charge < -0.3 is 15.4 Å². The molecule has 0 unspecified atom stereocenters. The second kappa shape index (κ2) is 9.01. The summed E-state index contributed by atoms with van der Waals surface area (Å²) in [5.41, 5.74) is 4.35. The summed E-state index contributed by atoms with van der Waals surface area (Å²) in [6, 6.07) is 26.2. The molecule has 3 aromatic rings. The van der Waals surface area contributed by atoms with E-state index in [2.05, 4.69) is 54.0 Å². The quantitative estimate of drug-likeness (QED) is 0.678. The number of carbonyl (C=O) groups excluding carboxylic acids is 1. The van der Waals surface area contributed by atoms with Crippen LogP contribution < -0.4 is 15.4 Å². The number of rotatable bonds is 7. The number of nitrogens with one attached hydrogen (secondary N) is 1. The number of nitrogens with two attached hydrogens (primary N) is 1. The first kappa shape index (κ1) is 18.7. The normalized spacial score (nSPS) is 11.6. The lowest BCUT2D eigenvalue weighted by Crippen LogP contribution is -2.87. The second-order valence-electron chi connectivity index (χ2n) is 6.52. The van der Waals surface area contributed by atoms with E-state index in [4.69, 9.17) is 4.74 Å². The summed E-state index contributed by atoms with van der Waals surface area (Å²) in [7, 11) is 1.62. The summed E-state index contributed by atoms with van der Waals surface area (Å²) in [5.74, 6) is 0.733. The largest absolute Gasteiger partial charge is 0.497 e. The number of quaternary nitrogens is 1. The highest BCUT2D eigenvalue weighted by atomic mass is 16.5. The maximum absolute atomic E-state index is 12.4. The van der Waals surface area contributed by atoms with Gasteiger partial charge in [0.2, 0.25) is 0 Å². The molecule has 4 nitrogen and oxygen atoms in total. The molecule has 0 spiro atoms. The number of benzene rings is 3. The maximum atomic E-state index is 12.4. The topological polar surface area (TPSA) is 54.9 Å². The van der Waals surface area contributed by atoms with E-state index in [0.717, 1.165) is 11.4 Å². The molecule has 0 aliphatic carbocycles. The average molecular weight is 361 g/mol. The summed E-state index contributed by atoms with van der Waals surface area (Å²) < 4.78 is 5.14. The van der Waals surface area contributed by atoms with Crippen LogP contribution in [0, 0.1) is 6.92 Å². The number of methoxy groups -OCH3 is 1. The first-order chi connectivity index (χ1) is 13.2. The van der Waals surface area contributed by atoms with Gasteiger partial charge in [-0.05, 0) is 31.2 Å². The minimum absolute atomic E-state index is 0.0341. The second-order valence-corrected chi connectivity index (χ2v) is 6.52. The standard InChI is InChI=1S/C23H24N2O2/c1-17-8-10-19(11-9-17)23(18-6-4-3-5-7-18)24-16-22(26)25-20-12-14-21(27-2)15-13-20/h3-15,23-24H,16H2,1-2H3,(H,25,26)/p+1/t23-/m0/s1. The minimum atomic E-state index is -0.0341. The van der Waals surface area contributed by atoms with Gasteiger partial charge in [0.1, 0.15) is 11.8 Å². The van der Waals surface area contributed by atoms with E-state index < -0.39 is 0 Å². The van der Waals surface area contributed by atoms with Gasteiger partial charge in [-0.2, -0.15) is 0 Å². The van der Waals surface area contributed by atoms with Crippen LogP contribution in [0.15, 0.2) is 78.9 Å². The van der Waals surface area contributed by atoms with E-state index in [1.165, 1.54) is 16.7 Å². The molecule has 3 N–H and O–H groups in total. The summed E-state index contributed by atoms with van der Waals surface area (Å²) in [5, 5.41) is 5.00. The van der Waals surface area contributed by atoms with E-state index in [1.54, 1.807) is 7.11 Å². The van der Waals surface area contributed by atoms with Crippen molar-refractivity contribution in [2.24, 2.45) is 0 Å². The monoisotopic (exact) mass is 361 g/mol. The van der Waals surface area contributed by atoms with Gasteiger partial charge in [-0.3, -0.25) is 4.79 Å². The van der Waals surface area contributed by atoms with Crippen LogP contribution in [0.3, 0.4) is 0 Å². The average Bonchev–Trinajstić information content (AvgIpc) is 2.71. The van der Waals surface area contributed by atoms with Crippen LogP contribution in [-0.4, -0.2) is 19.6 Å². The van der Waals surface area contributed by atoms with Crippen LogP contribution in [0.5, 0.6) is 5.75 Å². The number of amides is 1. The Morgan fingerprint density at radius 1 is 0.926 bits per heavy atom. The summed E-state index contributed by atoms with van der Waals surface area (Å²) in [6.07, 6.45) is 0. The third kappa shape index (κ3) is 5.19. The minimum Gasteiger partial charge on any atom is -0.497 e. The van der Waals surface area contributed by atoms with Gasteiger partial charge in [0, 0.05) is 16.8 Å². The zero-order valence-corrected chi connectivity index (χ0v) is 15.7. The summed E-state index contributed by atoms with van der Waals surface area (Å²) >= 11 is 0. The third-order valence-electron chi connectivity index (χ3n) is 4.51. The number of hydrogen-bond donors (Lipinski definition) is 2. The lowest BCUT2D eigenvalue weighted by molar-refractivity contribution is -0.676. The van der Waals surface area contributed by atoms with Crippen molar-refractivity contribution in [3.05, 3.63) is 95.6 Å². The molecule has 3 aromatic carbocycles. The molecule has 27 heavy (non-hydrogen) atoms. The molecule has 0 aliphatic heterocycles. The Kier molecular flexibility index (Phi) is 6.23. The molecular weight excluding hydrogens is 336 g/mol. The van der Waals surface area contributed by atoms with Gasteiger partial charge in [-0.25, -0.2) is 0 Å². The predicted molar refractivity (Wildman–Crippen MR) is 108 cm³/mol. The Balaban J connectivity index is 1.68. The zero-order chi connectivity index (χ0) is 19.1. The fourth-order valence-electron chi connectivity index (χ4n) is 3.01. The fraction of sp³-hybridized carbons (Fsp3) is 0.174. The third-order valence-corrected chi connectivity index (χ3v) is 4.51. The molecule has 0 saturated heterocycles. The van der Waals surface area contributed by atoms with Crippen LogP contribution in [0.25, 0.3) is 0 Å². The first-order valence-corrected chi connectivity index (χ1v) is 9.04. The Hall–Kier alpha value is -3.11. The van der Waals surface area contributed by atoms with Gasteiger partial charge in [0.05, 0.1) is 7.11 Å². The highest BCUT2D eigenvalue weighted by molar-refractivity contribution is 5.91. The molecular formula is C23H25N2O2+. The number of carbonyl (C=O) groups is 1. The van der Waals surface area contributed by atoms with Crippen molar-refractivity contribution in [3.63, 3.8) is 0 Å². The van der Waals surface area contributed by atoms with E-state index >= 15 is 0 Å². The van der Waals surface area contributed by atoms with Crippen molar-refractivity contribution >= 4 is 11.6 Å². The molecule has 0 bridgehead atoms. The maximum Gasteiger partial charge on any atom is 0.279 e. The van der Waals surface area contributed by atoms with Gasteiger partial charge in [0.15, 0.2) is 6.54 Å². The molecule has 3 rings (SSSR count). The van der Waals surface area contributed by atoms with Gasteiger partial charge in [-0.1, -0.05) is 60.2 Å². The smallest absolute Gasteiger partial charge is 0.279 e. The molecule has 0 aromatic heterocycles. The Labute approximate surface area is 160 Å². The first-order valence-electron chi connectivity index (χ1n) is 9.04. The van der Waals surface area contributed by atoms with Gasteiger partial charge in [0.25, 0.3) is 5.91 Å². The summed E-state index contributed by atoms with van der Waals surface area (Å²) in [6.45, 7) is 2.41. The molecule has 0 saturated carbocycles. The highest BCUT2D eigenvalue weighted by Gasteiger charge is 2.18. The van der Waals surface area contributed by atoms with Crippen molar-refractivity contribution in [2.45, 2.75) is 13.0 Å². The molecule has 4 heteroatoms. The van der Waals surface area contributed by atoms with Crippen LogP contribution in [0.4, 0.5) is 5.69 Å². The molecule has 1 atom stereocenters. The lowest BCUT2D eigenvalue weighted by atomic mass is 9.98. The Morgan fingerprint density at radius 3 is 2.19 bits per heavy atom. The Morgan fingerprint density at radius 2 is 1.56 bits per heavy atom. The van der Waals surface area contributed by atoms with E-state index in [9.17, 15) is 4.79 Å². The molecule has 0 heterocycles. The molecule has 0 fully saturated rings. The zero-order valence-electron chi connectivity index (χ0n) is 15.7. The van der Waals surface area contributed by atoms with Gasteiger partial charge in [-0.15, -0.1) is 0 Å². The van der Waals surface area contributed by atoms with Gasteiger partial charge >= 0.3 is 0 Å². The Bertz CT molecular complexity index is 859. The van der Waals surface area contributed by atoms with Crippen molar-refractivity contribution in [1.29, 1.82) is 0 Å². The van der Waals surface area contributed by atoms with Crippen LogP contribution in [0.2, 0.25) is 0 Å². The number of aryl methyl sites for hydroxylation is 1. The van der Waals surface area contributed by atoms with Crippen molar-refractivity contribution < 1.29 is 14.8 Å². The molecule has 0 radical (unpaired) electrons. The van der Waals surface area contributed by atoms with E-state index in [1.807, 2.05) is 42.5 Å². The van der Waals surface area contributed by atoms with Crippen molar-refractivity contribution in [3.8, 4) is 5.75 Å². The lowest BCUT2D eigenvalue weighted by Gasteiger charge is -2.17. The van der Waals surface area contributed by atoms with E-state index in [0.29, 0.717) is 6.54 Å². The summed E-state index contributed by atoms with van der Waals surface area (Å²) in [4.78, 5) is 12.4. The highest BCUT2D eigenvalue weighted by Crippen LogP contribution is 2.19.